The van der Waals surface area contributed by atoms with Crippen LogP contribution in [0.2, 0.25) is 0 Å². The predicted octanol–water partition coefficient (Wildman–Crippen LogP) is 1.61. The van der Waals surface area contributed by atoms with Crippen LogP contribution in [0.3, 0.4) is 0 Å². The summed E-state index contributed by atoms with van der Waals surface area (Å²) in [4.78, 5) is 13.6. The van der Waals surface area contributed by atoms with Gasteiger partial charge in [-0.3, -0.25) is 0 Å². The first-order valence-corrected chi connectivity index (χ1v) is 5.84. The SMILES string of the molecule is CCCCOC(=O)NC1CCN(C)CC1. The molecule has 1 saturated heterocycles. The van der Waals surface area contributed by atoms with Crippen molar-refractivity contribution in [2.75, 3.05) is 26.7 Å². The molecule has 4 heteroatoms. The number of ether oxygens (including phenoxy) is 1. The molecule has 1 fully saturated rings. The maximum atomic E-state index is 11.3. The van der Waals surface area contributed by atoms with E-state index in [1.807, 2.05) is 0 Å². The maximum absolute atomic E-state index is 11.3. The third-order valence-corrected chi connectivity index (χ3v) is 2.77. The maximum Gasteiger partial charge on any atom is 0.407 e. The average Bonchev–Trinajstić information content (AvgIpc) is 2.22. The number of nitrogens with one attached hydrogen (secondary N) is 1. The molecule has 1 heterocycles. The summed E-state index contributed by atoms with van der Waals surface area (Å²) < 4.78 is 5.05. The number of likely N-dealkylation sites (tertiary alicyclic amines) is 1. The third kappa shape index (κ3) is 5.02. The van der Waals surface area contributed by atoms with E-state index in [2.05, 4.69) is 24.2 Å². The van der Waals surface area contributed by atoms with Gasteiger partial charge in [0.15, 0.2) is 0 Å². The molecular formula is C11H22N2O2. The number of carbonyl (C=O) groups excluding carboxylic acids is 1. The van der Waals surface area contributed by atoms with Crippen LogP contribution in [0.15, 0.2) is 0 Å². The van der Waals surface area contributed by atoms with E-state index in [0.29, 0.717) is 12.6 Å². The number of carbonyl (C=O) groups is 1. The number of hydrogen-bond acceptors (Lipinski definition) is 3. The first kappa shape index (κ1) is 12.3. The summed E-state index contributed by atoms with van der Waals surface area (Å²) in [6.45, 7) is 4.73. The minimum absolute atomic E-state index is 0.252. The molecule has 1 amide bonds. The molecule has 4 nitrogen and oxygen atoms in total. The van der Waals surface area contributed by atoms with Crippen LogP contribution < -0.4 is 5.32 Å². The molecule has 0 aromatic heterocycles. The van der Waals surface area contributed by atoms with Gasteiger partial charge in [-0.2, -0.15) is 0 Å². The average molecular weight is 214 g/mol. The van der Waals surface area contributed by atoms with E-state index in [1.165, 1.54) is 0 Å². The molecular weight excluding hydrogens is 192 g/mol. The van der Waals surface area contributed by atoms with Crippen molar-refractivity contribution in [2.45, 2.75) is 38.6 Å². The Labute approximate surface area is 92.0 Å². The number of rotatable bonds is 4. The van der Waals surface area contributed by atoms with Crippen molar-refractivity contribution in [1.29, 1.82) is 0 Å². The smallest absolute Gasteiger partial charge is 0.407 e. The van der Waals surface area contributed by atoms with Crippen LogP contribution >= 0.6 is 0 Å². The molecule has 0 aromatic rings. The Kier molecular flexibility index (Phi) is 5.47. The molecule has 15 heavy (non-hydrogen) atoms. The second kappa shape index (κ2) is 6.67. The van der Waals surface area contributed by atoms with Crippen LogP contribution in [0.4, 0.5) is 4.79 Å². The molecule has 1 aliphatic rings. The third-order valence-electron chi connectivity index (χ3n) is 2.77. The van der Waals surface area contributed by atoms with Crippen LogP contribution in [-0.4, -0.2) is 43.8 Å². The zero-order chi connectivity index (χ0) is 11.1. The van der Waals surface area contributed by atoms with Crippen LogP contribution in [0.1, 0.15) is 32.6 Å². The summed E-state index contributed by atoms with van der Waals surface area (Å²) in [5.74, 6) is 0. The number of hydrogen-bond donors (Lipinski definition) is 1. The van der Waals surface area contributed by atoms with Gasteiger partial charge in [-0.05, 0) is 39.4 Å². The van der Waals surface area contributed by atoms with Gasteiger partial charge >= 0.3 is 6.09 Å². The van der Waals surface area contributed by atoms with E-state index >= 15 is 0 Å². The van der Waals surface area contributed by atoms with Crippen molar-refractivity contribution in [2.24, 2.45) is 0 Å². The van der Waals surface area contributed by atoms with E-state index < -0.39 is 0 Å². The second-order valence-electron chi connectivity index (χ2n) is 4.21. The van der Waals surface area contributed by atoms with Gasteiger partial charge in [-0.1, -0.05) is 13.3 Å². The van der Waals surface area contributed by atoms with Gasteiger partial charge in [0.2, 0.25) is 0 Å². The van der Waals surface area contributed by atoms with Gasteiger partial charge in [0, 0.05) is 6.04 Å². The fourth-order valence-corrected chi connectivity index (χ4v) is 1.67. The monoisotopic (exact) mass is 214 g/mol. The zero-order valence-electron chi connectivity index (χ0n) is 9.79. The van der Waals surface area contributed by atoms with Crippen molar-refractivity contribution < 1.29 is 9.53 Å². The summed E-state index contributed by atoms with van der Waals surface area (Å²) in [7, 11) is 2.11. The molecule has 0 radical (unpaired) electrons. The highest BCUT2D eigenvalue weighted by atomic mass is 16.5. The second-order valence-corrected chi connectivity index (χ2v) is 4.21. The Hall–Kier alpha value is -0.770. The van der Waals surface area contributed by atoms with Gasteiger partial charge in [-0.15, -0.1) is 0 Å². The van der Waals surface area contributed by atoms with E-state index in [1.54, 1.807) is 0 Å². The van der Waals surface area contributed by atoms with E-state index in [0.717, 1.165) is 38.8 Å². The van der Waals surface area contributed by atoms with E-state index in [9.17, 15) is 4.79 Å². The number of piperidine rings is 1. The number of alkyl carbamates (subject to hydrolysis) is 1. The Bertz CT molecular complexity index is 189. The lowest BCUT2D eigenvalue weighted by atomic mass is 10.1. The normalized spacial score (nSPS) is 18.8. The number of nitrogens with zero attached hydrogens (tertiary/aromatic N) is 1. The molecule has 0 saturated carbocycles. The number of amides is 1. The van der Waals surface area contributed by atoms with Gasteiger partial charge in [-0.25, -0.2) is 4.79 Å². The standard InChI is InChI=1S/C11H22N2O2/c1-3-4-9-15-11(14)12-10-5-7-13(2)8-6-10/h10H,3-9H2,1-2H3,(H,12,14). The molecule has 0 atom stereocenters. The van der Waals surface area contributed by atoms with Gasteiger partial charge < -0.3 is 15.0 Å². The minimum Gasteiger partial charge on any atom is -0.450 e. The first-order chi connectivity index (χ1) is 7.22. The Balaban J connectivity index is 2.09. The van der Waals surface area contributed by atoms with Crippen LogP contribution in [-0.2, 0) is 4.74 Å². The largest absolute Gasteiger partial charge is 0.450 e. The van der Waals surface area contributed by atoms with Crippen molar-refractivity contribution in [3.05, 3.63) is 0 Å². The van der Waals surface area contributed by atoms with E-state index in [-0.39, 0.29) is 6.09 Å². The van der Waals surface area contributed by atoms with Gasteiger partial charge in [0.25, 0.3) is 0 Å². The number of unbranched alkanes of at least 4 members (excludes halogenated alkanes) is 1. The lowest BCUT2D eigenvalue weighted by Gasteiger charge is -2.29. The van der Waals surface area contributed by atoms with Crippen molar-refractivity contribution >= 4 is 6.09 Å². The van der Waals surface area contributed by atoms with Crippen molar-refractivity contribution in [3.63, 3.8) is 0 Å². The molecule has 0 spiro atoms. The molecule has 1 rings (SSSR count). The molecule has 1 aliphatic heterocycles. The van der Waals surface area contributed by atoms with Gasteiger partial charge in [0.05, 0.1) is 6.61 Å². The summed E-state index contributed by atoms with van der Waals surface area (Å²) in [5, 5.41) is 2.91. The molecule has 88 valence electrons. The lowest BCUT2D eigenvalue weighted by Crippen LogP contribution is -2.43. The summed E-state index contributed by atoms with van der Waals surface area (Å²) >= 11 is 0. The quantitative estimate of drug-likeness (QED) is 0.723. The van der Waals surface area contributed by atoms with Crippen molar-refractivity contribution in [3.8, 4) is 0 Å². The van der Waals surface area contributed by atoms with Crippen molar-refractivity contribution in [1.82, 2.24) is 10.2 Å². The molecule has 0 aromatic carbocycles. The molecule has 0 unspecified atom stereocenters. The Morgan fingerprint density at radius 1 is 1.47 bits per heavy atom. The van der Waals surface area contributed by atoms with E-state index in [4.69, 9.17) is 4.74 Å². The van der Waals surface area contributed by atoms with Crippen LogP contribution in [0.5, 0.6) is 0 Å². The Morgan fingerprint density at radius 2 is 2.13 bits per heavy atom. The summed E-state index contributed by atoms with van der Waals surface area (Å²) in [5.41, 5.74) is 0. The fraction of sp³-hybridized carbons (Fsp3) is 0.909. The predicted molar refractivity (Wildman–Crippen MR) is 59.9 cm³/mol. The highest BCUT2D eigenvalue weighted by molar-refractivity contribution is 5.67. The topological polar surface area (TPSA) is 41.6 Å². The molecule has 0 aliphatic carbocycles. The van der Waals surface area contributed by atoms with Crippen LogP contribution in [0, 0.1) is 0 Å². The lowest BCUT2D eigenvalue weighted by molar-refractivity contribution is 0.133. The summed E-state index contributed by atoms with van der Waals surface area (Å²) in [6, 6.07) is 0.301. The van der Waals surface area contributed by atoms with Gasteiger partial charge in [0.1, 0.15) is 0 Å². The first-order valence-electron chi connectivity index (χ1n) is 5.84. The van der Waals surface area contributed by atoms with Crippen LogP contribution in [0.25, 0.3) is 0 Å². The highest BCUT2D eigenvalue weighted by Crippen LogP contribution is 2.08. The molecule has 0 bridgehead atoms. The Morgan fingerprint density at radius 3 is 2.73 bits per heavy atom. The summed E-state index contributed by atoms with van der Waals surface area (Å²) in [6.07, 6.45) is 3.80. The minimum atomic E-state index is -0.252. The molecule has 1 N–H and O–H groups in total. The zero-order valence-corrected chi connectivity index (χ0v) is 9.79. The fourth-order valence-electron chi connectivity index (χ4n) is 1.67. The highest BCUT2D eigenvalue weighted by Gasteiger charge is 2.18.